The van der Waals surface area contributed by atoms with Crippen LogP contribution in [0.4, 0.5) is 5.69 Å². The van der Waals surface area contributed by atoms with Gasteiger partial charge >= 0.3 is 0 Å². The Morgan fingerprint density at radius 3 is 2.23 bits per heavy atom. The number of Topliss-reactive ketones (excluding diaryl/α,β-unsaturated/α-hetero) is 1. The number of hydrogen-bond acceptors (Lipinski definition) is 4. The van der Waals surface area contributed by atoms with E-state index < -0.39 is 11.7 Å². The van der Waals surface area contributed by atoms with E-state index in [2.05, 4.69) is 10.2 Å². The minimum absolute atomic E-state index is 0.140. The quantitative estimate of drug-likeness (QED) is 0.828. The zero-order chi connectivity index (χ0) is 16.1. The van der Waals surface area contributed by atoms with Crippen LogP contribution in [0.3, 0.4) is 0 Å². The molecule has 1 aliphatic rings. The smallest absolute Gasteiger partial charge is 0.287 e. The van der Waals surface area contributed by atoms with Gasteiger partial charge in [0.2, 0.25) is 11.7 Å². The van der Waals surface area contributed by atoms with E-state index in [1.807, 2.05) is 24.3 Å². The molecule has 118 valence electrons. The first-order chi connectivity index (χ1) is 10.5. The number of halogens is 1. The zero-order valence-electron chi connectivity index (χ0n) is 12.3. The van der Waals surface area contributed by atoms with E-state index in [4.69, 9.17) is 11.6 Å². The van der Waals surface area contributed by atoms with Crippen LogP contribution >= 0.6 is 11.6 Å². The molecule has 2 rings (SSSR count). The fourth-order valence-electron chi connectivity index (χ4n) is 2.26. The normalized spacial score (nSPS) is 14.6. The molecule has 0 atom stereocenters. The van der Waals surface area contributed by atoms with Crippen molar-refractivity contribution in [2.75, 3.05) is 37.6 Å². The molecule has 1 aliphatic heterocycles. The zero-order valence-corrected chi connectivity index (χ0v) is 13.1. The third-order valence-corrected chi connectivity index (χ3v) is 3.80. The molecular weight excluding hydrogens is 306 g/mol. The van der Waals surface area contributed by atoms with Crippen molar-refractivity contribution in [1.29, 1.82) is 0 Å². The Hall–Kier alpha value is -2.08. The molecule has 6 nitrogen and oxygen atoms in total. The molecule has 0 aliphatic carbocycles. The van der Waals surface area contributed by atoms with Gasteiger partial charge in [0.15, 0.2) is 0 Å². The third-order valence-electron chi connectivity index (χ3n) is 3.54. The number of carbonyl (C=O) groups is 3. The van der Waals surface area contributed by atoms with Crippen LogP contribution in [-0.2, 0) is 14.4 Å². The van der Waals surface area contributed by atoms with Gasteiger partial charge in [-0.25, -0.2) is 0 Å². The molecule has 1 fully saturated rings. The van der Waals surface area contributed by atoms with Crippen molar-refractivity contribution < 1.29 is 14.4 Å². The van der Waals surface area contributed by atoms with Gasteiger partial charge in [-0.1, -0.05) is 11.6 Å². The van der Waals surface area contributed by atoms with Gasteiger partial charge < -0.3 is 15.1 Å². The lowest BCUT2D eigenvalue weighted by Gasteiger charge is -2.36. The molecule has 7 heteroatoms. The fraction of sp³-hybridized carbons (Fsp3) is 0.400. The van der Waals surface area contributed by atoms with Crippen molar-refractivity contribution in [3.63, 3.8) is 0 Å². The Bertz CT molecular complexity index is 566. The summed E-state index contributed by atoms with van der Waals surface area (Å²) in [6.45, 7) is 3.63. The Morgan fingerprint density at radius 1 is 1.09 bits per heavy atom. The highest BCUT2D eigenvalue weighted by molar-refractivity contribution is 6.35. The summed E-state index contributed by atoms with van der Waals surface area (Å²) in [7, 11) is 0. The largest absolute Gasteiger partial charge is 0.368 e. The summed E-state index contributed by atoms with van der Waals surface area (Å²) in [5.74, 6) is -1.50. The number of nitrogens with zero attached hydrogens (tertiary/aromatic N) is 2. The van der Waals surface area contributed by atoms with E-state index in [9.17, 15) is 14.4 Å². The summed E-state index contributed by atoms with van der Waals surface area (Å²) in [5, 5.41) is 3.01. The maximum Gasteiger partial charge on any atom is 0.287 e. The first-order valence-electron chi connectivity index (χ1n) is 7.04. The summed E-state index contributed by atoms with van der Waals surface area (Å²) < 4.78 is 0. The molecule has 2 amide bonds. The van der Waals surface area contributed by atoms with Crippen molar-refractivity contribution in [3.05, 3.63) is 29.3 Å². The number of nitrogens with one attached hydrogen (secondary N) is 1. The number of ketones is 1. The van der Waals surface area contributed by atoms with Gasteiger partial charge in [0, 0.05) is 43.8 Å². The maximum atomic E-state index is 12.0. The average molecular weight is 324 g/mol. The molecule has 0 radical (unpaired) electrons. The van der Waals surface area contributed by atoms with Crippen molar-refractivity contribution in [2.24, 2.45) is 0 Å². The van der Waals surface area contributed by atoms with Crippen LogP contribution < -0.4 is 10.2 Å². The van der Waals surface area contributed by atoms with Crippen LogP contribution in [0, 0.1) is 0 Å². The molecule has 0 unspecified atom stereocenters. The van der Waals surface area contributed by atoms with Gasteiger partial charge in [0.05, 0.1) is 6.54 Å². The molecule has 1 aromatic rings. The Balaban J connectivity index is 1.81. The second-order valence-electron chi connectivity index (χ2n) is 5.08. The lowest BCUT2D eigenvalue weighted by Crippen LogP contribution is -2.51. The molecule has 1 N–H and O–H groups in total. The van der Waals surface area contributed by atoms with Gasteiger partial charge in [0.1, 0.15) is 0 Å². The van der Waals surface area contributed by atoms with Crippen molar-refractivity contribution >= 4 is 34.9 Å². The van der Waals surface area contributed by atoms with Crippen LogP contribution in [0.5, 0.6) is 0 Å². The van der Waals surface area contributed by atoms with Crippen molar-refractivity contribution in [2.45, 2.75) is 6.92 Å². The number of rotatable bonds is 4. The molecule has 1 aromatic carbocycles. The summed E-state index contributed by atoms with van der Waals surface area (Å²) >= 11 is 5.87. The molecule has 22 heavy (non-hydrogen) atoms. The summed E-state index contributed by atoms with van der Waals surface area (Å²) in [6.07, 6.45) is 0. The predicted molar refractivity (Wildman–Crippen MR) is 83.9 cm³/mol. The summed E-state index contributed by atoms with van der Waals surface area (Å²) in [6, 6.07) is 7.58. The topological polar surface area (TPSA) is 69.7 Å². The first kappa shape index (κ1) is 16.3. The maximum absolute atomic E-state index is 12.0. The standard InChI is InChI=1S/C15H18ClN3O3/c1-11(20)15(22)17-10-14(21)19-8-6-18(7-9-19)13-4-2-12(16)3-5-13/h2-5H,6-10H2,1H3,(H,17,22). The molecule has 0 saturated carbocycles. The molecular formula is C15H18ClN3O3. The van der Waals surface area contributed by atoms with E-state index in [-0.39, 0.29) is 12.5 Å². The van der Waals surface area contributed by atoms with Crippen LogP contribution in [0.2, 0.25) is 5.02 Å². The second kappa shape index (κ2) is 7.26. The lowest BCUT2D eigenvalue weighted by atomic mass is 10.2. The molecule has 0 aromatic heterocycles. The number of hydrogen-bond donors (Lipinski definition) is 1. The highest BCUT2D eigenvalue weighted by atomic mass is 35.5. The fourth-order valence-corrected chi connectivity index (χ4v) is 2.38. The van der Waals surface area contributed by atoms with Gasteiger partial charge in [-0.05, 0) is 24.3 Å². The molecule has 0 spiro atoms. The van der Waals surface area contributed by atoms with E-state index in [1.54, 1.807) is 4.90 Å². The number of piperazine rings is 1. The van der Waals surface area contributed by atoms with E-state index in [0.717, 1.165) is 5.69 Å². The summed E-state index contributed by atoms with van der Waals surface area (Å²) in [4.78, 5) is 37.8. The van der Waals surface area contributed by atoms with Crippen LogP contribution in [-0.4, -0.2) is 55.2 Å². The number of anilines is 1. The molecule has 0 bridgehead atoms. The average Bonchev–Trinajstić information content (AvgIpc) is 2.53. The van der Waals surface area contributed by atoms with Crippen molar-refractivity contribution in [1.82, 2.24) is 10.2 Å². The van der Waals surface area contributed by atoms with E-state index in [0.29, 0.717) is 31.2 Å². The van der Waals surface area contributed by atoms with Crippen LogP contribution in [0.25, 0.3) is 0 Å². The highest BCUT2D eigenvalue weighted by Crippen LogP contribution is 2.19. The number of amides is 2. The van der Waals surface area contributed by atoms with Crippen molar-refractivity contribution in [3.8, 4) is 0 Å². The van der Waals surface area contributed by atoms with E-state index in [1.165, 1.54) is 6.92 Å². The summed E-state index contributed by atoms with van der Waals surface area (Å²) in [5.41, 5.74) is 1.07. The van der Waals surface area contributed by atoms with Crippen LogP contribution in [0.15, 0.2) is 24.3 Å². The Kier molecular flexibility index (Phi) is 5.38. The lowest BCUT2D eigenvalue weighted by molar-refractivity contribution is -0.138. The second-order valence-corrected chi connectivity index (χ2v) is 5.52. The SMILES string of the molecule is CC(=O)C(=O)NCC(=O)N1CCN(c2ccc(Cl)cc2)CC1. The number of carbonyl (C=O) groups excluding carboxylic acids is 3. The minimum atomic E-state index is -0.729. The first-order valence-corrected chi connectivity index (χ1v) is 7.42. The molecule has 1 heterocycles. The number of benzene rings is 1. The van der Waals surface area contributed by atoms with Gasteiger partial charge in [0.25, 0.3) is 5.91 Å². The van der Waals surface area contributed by atoms with Gasteiger partial charge in [-0.2, -0.15) is 0 Å². The Labute approximate surface area is 134 Å². The third kappa shape index (κ3) is 4.21. The molecule has 1 saturated heterocycles. The van der Waals surface area contributed by atoms with E-state index >= 15 is 0 Å². The van der Waals surface area contributed by atoms with Gasteiger partial charge in [-0.3, -0.25) is 14.4 Å². The monoisotopic (exact) mass is 323 g/mol. The highest BCUT2D eigenvalue weighted by Gasteiger charge is 2.21. The van der Waals surface area contributed by atoms with Gasteiger partial charge in [-0.15, -0.1) is 0 Å². The minimum Gasteiger partial charge on any atom is -0.368 e. The van der Waals surface area contributed by atoms with Crippen LogP contribution in [0.1, 0.15) is 6.92 Å². The Morgan fingerprint density at radius 2 is 1.68 bits per heavy atom. The predicted octanol–water partition coefficient (Wildman–Crippen LogP) is 0.694.